The van der Waals surface area contributed by atoms with Crippen molar-refractivity contribution in [2.45, 2.75) is 34.1 Å². The summed E-state index contributed by atoms with van der Waals surface area (Å²) >= 11 is 0. The molecule has 2 heterocycles. The predicted molar refractivity (Wildman–Crippen MR) is 86.8 cm³/mol. The summed E-state index contributed by atoms with van der Waals surface area (Å²) in [5.41, 5.74) is 1.27. The van der Waals surface area contributed by atoms with Crippen LogP contribution in [0.25, 0.3) is 5.82 Å². The van der Waals surface area contributed by atoms with Crippen LogP contribution in [0.4, 0.5) is 0 Å². The summed E-state index contributed by atoms with van der Waals surface area (Å²) in [7, 11) is 0. The second kappa shape index (κ2) is 7.71. The number of carbonyl (C=O) groups excluding carboxylic acids is 1. The Kier molecular flexibility index (Phi) is 5.67. The highest BCUT2D eigenvalue weighted by molar-refractivity contribution is 5.95. The molecule has 124 valence electrons. The van der Waals surface area contributed by atoms with Gasteiger partial charge in [0.2, 0.25) is 5.88 Å². The lowest BCUT2D eigenvalue weighted by Crippen LogP contribution is -2.25. The Morgan fingerprint density at radius 3 is 2.74 bits per heavy atom. The van der Waals surface area contributed by atoms with Crippen LogP contribution in [-0.4, -0.2) is 39.0 Å². The van der Waals surface area contributed by atoms with Crippen LogP contribution in [0.3, 0.4) is 0 Å². The lowest BCUT2D eigenvalue weighted by molar-refractivity contribution is 0.0951. The second-order valence-electron chi connectivity index (χ2n) is 5.66. The van der Waals surface area contributed by atoms with E-state index in [1.165, 1.54) is 0 Å². The van der Waals surface area contributed by atoms with Crippen molar-refractivity contribution in [2.24, 2.45) is 5.92 Å². The van der Waals surface area contributed by atoms with Gasteiger partial charge >= 0.3 is 0 Å². The van der Waals surface area contributed by atoms with Gasteiger partial charge in [-0.05, 0) is 32.3 Å². The molecule has 1 N–H and O–H groups in total. The predicted octanol–water partition coefficient (Wildman–Crippen LogP) is 2.15. The van der Waals surface area contributed by atoms with E-state index in [1.807, 2.05) is 13.8 Å². The molecule has 0 radical (unpaired) electrons. The first-order valence-electron chi connectivity index (χ1n) is 7.82. The first-order chi connectivity index (χ1) is 11.0. The Morgan fingerprint density at radius 1 is 1.35 bits per heavy atom. The van der Waals surface area contributed by atoms with Crippen molar-refractivity contribution in [3.63, 3.8) is 0 Å². The number of ether oxygens (including phenoxy) is 1. The zero-order valence-corrected chi connectivity index (χ0v) is 14.0. The summed E-state index contributed by atoms with van der Waals surface area (Å²) in [6, 6.07) is 3.49. The molecule has 0 spiro atoms. The minimum absolute atomic E-state index is 0.117. The molecule has 0 aliphatic rings. The largest absolute Gasteiger partial charge is 0.477 e. The molecule has 23 heavy (non-hydrogen) atoms. The van der Waals surface area contributed by atoms with Crippen molar-refractivity contribution < 1.29 is 9.53 Å². The molecule has 0 saturated carbocycles. The molecular weight excluding hydrogens is 294 g/mol. The normalized spacial score (nSPS) is 10.8. The molecule has 2 aromatic heterocycles. The van der Waals surface area contributed by atoms with Crippen molar-refractivity contribution in [3.8, 4) is 11.7 Å². The van der Waals surface area contributed by atoms with Gasteiger partial charge in [0.1, 0.15) is 0 Å². The Hall–Kier alpha value is -2.44. The molecule has 0 unspecified atom stereocenters. The maximum Gasteiger partial charge on any atom is 0.254 e. The van der Waals surface area contributed by atoms with E-state index in [4.69, 9.17) is 4.74 Å². The van der Waals surface area contributed by atoms with E-state index in [1.54, 1.807) is 23.0 Å². The van der Waals surface area contributed by atoms with Crippen LogP contribution in [0.5, 0.6) is 5.88 Å². The number of hydrogen-bond acceptors (Lipinski definition) is 5. The van der Waals surface area contributed by atoms with Crippen molar-refractivity contribution in [1.82, 2.24) is 25.3 Å². The van der Waals surface area contributed by atoms with Crippen LogP contribution in [0.15, 0.2) is 18.3 Å². The quantitative estimate of drug-likeness (QED) is 0.846. The maximum atomic E-state index is 12.2. The number of hydrogen-bond donors (Lipinski definition) is 1. The molecule has 1 amide bonds. The van der Waals surface area contributed by atoms with Gasteiger partial charge in [-0.25, -0.2) is 4.68 Å². The monoisotopic (exact) mass is 317 g/mol. The Labute approximate surface area is 136 Å². The minimum Gasteiger partial charge on any atom is -0.477 e. The van der Waals surface area contributed by atoms with E-state index in [0.717, 1.165) is 12.1 Å². The van der Waals surface area contributed by atoms with E-state index in [9.17, 15) is 4.79 Å². The molecule has 0 aliphatic carbocycles. The van der Waals surface area contributed by atoms with E-state index < -0.39 is 0 Å². The fourth-order valence-electron chi connectivity index (χ4n) is 2.08. The maximum absolute atomic E-state index is 12.2. The summed E-state index contributed by atoms with van der Waals surface area (Å²) < 4.78 is 6.86. The SMILES string of the molecule is CCOc1ccc(-n2ncc(C(=O)NCCC(C)C)c2C)nn1. The van der Waals surface area contributed by atoms with Gasteiger partial charge in [-0.15, -0.1) is 10.2 Å². The molecule has 0 aliphatic heterocycles. The van der Waals surface area contributed by atoms with Crippen LogP contribution < -0.4 is 10.1 Å². The van der Waals surface area contributed by atoms with E-state index in [-0.39, 0.29) is 5.91 Å². The summed E-state index contributed by atoms with van der Waals surface area (Å²) in [6.45, 7) is 9.17. The molecule has 0 atom stereocenters. The van der Waals surface area contributed by atoms with E-state index in [0.29, 0.717) is 36.3 Å². The van der Waals surface area contributed by atoms with Crippen LogP contribution in [0.2, 0.25) is 0 Å². The van der Waals surface area contributed by atoms with Crippen molar-refractivity contribution >= 4 is 5.91 Å². The van der Waals surface area contributed by atoms with Crippen LogP contribution in [0.1, 0.15) is 43.2 Å². The fraction of sp³-hybridized carbons (Fsp3) is 0.500. The molecule has 2 aromatic rings. The van der Waals surface area contributed by atoms with Crippen molar-refractivity contribution in [3.05, 3.63) is 29.6 Å². The number of rotatable bonds is 7. The fourth-order valence-corrected chi connectivity index (χ4v) is 2.08. The van der Waals surface area contributed by atoms with Gasteiger partial charge in [-0.1, -0.05) is 13.8 Å². The smallest absolute Gasteiger partial charge is 0.254 e. The molecule has 7 nitrogen and oxygen atoms in total. The van der Waals surface area contributed by atoms with Crippen molar-refractivity contribution in [1.29, 1.82) is 0 Å². The van der Waals surface area contributed by atoms with Crippen LogP contribution >= 0.6 is 0 Å². The molecule has 7 heteroatoms. The zero-order chi connectivity index (χ0) is 16.8. The number of carbonyl (C=O) groups is 1. The van der Waals surface area contributed by atoms with E-state index in [2.05, 4.69) is 34.5 Å². The van der Waals surface area contributed by atoms with Gasteiger partial charge in [-0.3, -0.25) is 4.79 Å². The highest BCUT2D eigenvalue weighted by Crippen LogP contribution is 2.14. The Bertz CT molecular complexity index is 649. The average Bonchev–Trinajstić information content (AvgIpc) is 2.90. The average molecular weight is 317 g/mol. The van der Waals surface area contributed by atoms with Gasteiger partial charge in [0.15, 0.2) is 5.82 Å². The van der Waals surface area contributed by atoms with Crippen LogP contribution in [-0.2, 0) is 0 Å². The van der Waals surface area contributed by atoms with Gasteiger partial charge < -0.3 is 10.1 Å². The molecule has 0 bridgehead atoms. The lowest BCUT2D eigenvalue weighted by atomic mass is 10.1. The number of amides is 1. The van der Waals surface area contributed by atoms with Gasteiger partial charge in [0.05, 0.1) is 24.1 Å². The third-order valence-corrected chi connectivity index (χ3v) is 3.40. The summed E-state index contributed by atoms with van der Waals surface area (Å²) in [5, 5.41) is 15.2. The molecule has 2 rings (SSSR count). The van der Waals surface area contributed by atoms with Crippen molar-refractivity contribution in [2.75, 3.05) is 13.2 Å². The topological polar surface area (TPSA) is 81.9 Å². The standard InChI is InChI=1S/C16H23N5O2/c1-5-23-15-7-6-14(19-20-15)21-12(4)13(10-18-21)16(22)17-9-8-11(2)3/h6-7,10-11H,5,8-9H2,1-4H3,(H,17,22). The molecular formula is C16H23N5O2. The van der Waals surface area contributed by atoms with Gasteiger partial charge in [0.25, 0.3) is 5.91 Å². The molecule has 0 aromatic carbocycles. The third kappa shape index (κ3) is 4.28. The first kappa shape index (κ1) is 16.9. The lowest BCUT2D eigenvalue weighted by Gasteiger charge is -2.07. The Balaban J connectivity index is 2.10. The second-order valence-corrected chi connectivity index (χ2v) is 5.66. The third-order valence-electron chi connectivity index (χ3n) is 3.40. The number of nitrogens with one attached hydrogen (secondary N) is 1. The first-order valence-corrected chi connectivity index (χ1v) is 7.82. The summed E-state index contributed by atoms with van der Waals surface area (Å²) in [6.07, 6.45) is 2.50. The molecule has 0 fully saturated rings. The zero-order valence-electron chi connectivity index (χ0n) is 14.0. The Morgan fingerprint density at radius 2 is 2.13 bits per heavy atom. The van der Waals surface area contributed by atoms with Gasteiger partial charge in [-0.2, -0.15) is 5.10 Å². The van der Waals surface area contributed by atoms with Crippen LogP contribution in [0, 0.1) is 12.8 Å². The highest BCUT2D eigenvalue weighted by Gasteiger charge is 2.15. The number of aromatic nitrogens is 4. The molecule has 0 saturated heterocycles. The van der Waals surface area contributed by atoms with E-state index >= 15 is 0 Å². The highest BCUT2D eigenvalue weighted by atomic mass is 16.5. The van der Waals surface area contributed by atoms with Gasteiger partial charge in [0, 0.05) is 12.6 Å². The summed E-state index contributed by atoms with van der Waals surface area (Å²) in [4.78, 5) is 12.2. The minimum atomic E-state index is -0.117. The summed E-state index contributed by atoms with van der Waals surface area (Å²) in [5.74, 6) is 1.45. The number of nitrogens with zero attached hydrogens (tertiary/aromatic N) is 4.